The molecule has 0 aliphatic carbocycles. The van der Waals surface area contributed by atoms with E-state index in [1.165, 1.54) is 5.56 Å². The van der Waals surface area contributed by atoms with E-state index in [0.29, 0.717) is 17.7 Å². The van der Waals surface area contributed by atoms with Crippen LogP contribution in [0.25, 0.3) is 0 Å². The number of hydrogen-bond acceptors (Lipinski definition) is 4. The number of methoxy groups -OCH3 is 1. The molecule has 2 saturated heterocycles. The SMILES string of the molecule is COc1ccccc1CN1CCC(CN(CC(C)C)C(=O)C2CCCN2)CC1. The number of amides is 1. The third-order valence-corrected chi connectivity index (χ3v) is 6.03. The van der Waals surface area contributed by atoms with E-state index in [9.17, 15) is 4.79 Å². The fourth-order valence-electron chi connectivity index (χ4n) is 4.52. The first-order chi connectivity index (χ1) is 13.6. The van der Waals surface area contributed by atoms with Gasteiger partial charge in [0.1, 0.15) is 5.75 Å². The van der Waals surface area contributed by atoms with Crippen molar-refractivity contribution in [2.75, 3.05) is 39.8 Å². The van der Waals surface area contributed by atoms with Gasteiger partial charge in [-0.2, -0.15) is 0 Å². The molecule has 0 bridgehead atoms. The summed E-state index contributed by atoms with van der Waals surface area (Å²) >= 11 is 0. The van der Waals surface area contributed by atoms with Crippen LogP contribution in [-0.4, -0.2) is 61.6 Å². The average molecular weight is 388 g/mol. The van der Waals surface area contributed by atoms with Gasteiger partial charge in [0.25, 0.3) is 0 Å². The summed E-state index contributed by atoms with van der Waals surface area (Å²) in [6.07, 6.45) is 4.43. The smallest absolute Gasteiger partial charge is 0.239 e. The number of nitrogens with one attached hydrogen (secondary N) is 1. The minimum Gasteiger partial charge on any atom is -0.496 e. The third-order valence-electron chi connectivity index (χ3n) is 6.03. The summed E-state index contributed by atoms with van der Waals surface area (Å²) in [7, 11) is 1.74. The summed E-state index contributed by atoms with van der Waals surface area (Å²) in [6.45, 7) is 10.3. The molecule has 1 aromatic rings. The van der Waals surface area contributed by atoms with Crippen molar-refractivity contribution in [1.29, 1.82) is 0 Å². The molecule has 0 saturated carbocycles. The van der Waals surface area contributed by atoms with Crippen molar-refractivity contribution in [2.24, 2.45) is 11.8 Å². The fourth-order valence-corrected chi connectivity index (χ4v) is 4.52. The topological polar surface area (TPSA) is 44.8 Å². The maximum Gasteiger partial charge on any atom is 0.239 e. The highest BCUT2D eigenvalue weighted by atomic mass is 16.5. The molecule has 1 aromatic carbocycles. The highest BCUT2D eigenvalue weighted by molar-refractivity contribution is 5.82. The van der Waals surface area contributed by atoms with Crippen LogP contribution in [0.2, 0.25) is 0 Å². The van der Waals surface area contributed by atoms with Crippen LogP contribution in [0.5, 0.6) is 5.75 Å². The first-order valence-corrected chi connectivity index (χ1v) is 10.9. The fraction of sp³-hybridized carbons (Fsp3) is 0.696. The molecule has 5 heteroatoms. The summed E-state index contributed by atoms with van der Waals surface area (Å²) in [5, 5.41) is 3.38. The predicted molar refractivity (Wildman–Crippen MR) is 113 cm³/mol. The Labute approximate surface area is 170 Å². The Kier molecular flexibility index (Phi) is 7.74. The standard InChI is InChI=1S/C23H37N3O2/c1-18(2)15-26(23(27)21-8-6-12-24-21)16-19-10-13-25(14-11-19)17-20-7-4-5-9-22(20)28-3/h4-5,7,9,18-19,21,24H,6,8,10-17H2,1-3H3. The summed E-state index contributed by atoms with van der Waals surface area (Å²) in [5.41, 5.74) is 1.26. The van der Waals surface area contributed by atoms with E-state index in [4.69, 9.17) is 4.74 Å². The van der Waals surface area contributed by atoms with Gasteiger partial charge in [-0.05, 0) is 63.2 Å². The molecule has 156 valence electrons. The summed E-state index contributed by atoms with van der Waals surface area (Å²) in [6, 6.07) is 8.34. The van der Waals surface area contributed by atoms with Crippen LogP contribution >= 0.6 is 0 Å². The van der Waals surface area contributed by atoms with E-state index >= 15 is 0 Å². The molecule has 0 aromatic heterocycles. The molecule has 28 heavy (non-hydrogen) atoms. The molecular weight excluding hydrogens is 350 g/mol. The molecule has 1 atom stereocenters. The molecule has 2 heterocycles. The van der Waals surface area contributed by atoms with Crippen LogP contribution in [-0.2, 0) is 11.3 Å². The number of ether oxygens (including phenoxy) is 1. The number of hydrogen-bond donors (Lipinski definition) is 1. The zero-order chi connectivity index (χ0) is 19.9. The molecule has 1 unspecified atom stereocenters. The molecule has 1 amide bonds. The molecule has 3 rings (SSSR count). The second-order valence-electron chi connectivity index (χ2n) is 8.82. The zero-order valence-electron chi connectivity index (χ0n) is 17.8. The van der Waals surface area contributed by atoms with Gasteiger partial charge in [-0.3, -0.25) is 9.69 Å². The Balaban J connectivity index is 1.51. The number of rotatable bonds is 8. The summed E-state index contributed by atoms with van der Waals surface area (Å²) in [4.78, 5) is 17.6. The van der Waals surface area contributed by atoms with E-state index in [1.54, 1.807) is 7.11 Å². The Morgan fingerprint density at radius 1 is 1.25 bits per heavy atom. The highest BCUT2D eigenvalue weighted by Gasteiger charge is 2.30. The van der Waals surface area contributed by atoms with Crippen LogP contribution in [0.15, 0.2) is 24.3 Å². The van der Waals surface area contributed by atoms with Crippen molar-refractivity contribution < 1.29 is 9.53 Å². The largest absolute Gasteiger partial charge is 0.496 e. The van der Waals surface area contributed by atoms with Crippen molar-refractivity contribution in [3.8, 4) is 5.75 Å². The Bertz CT molecular complexity index is 620. The lowest BCUT2D eigenvalue weighted by Gasteiger charge is -2.36. The van der Waals surface area contributed by atoms with Crippen molar-refractivity contribution in [3.05, 3.63) is 29.8 Å². The predicted octanol–water partition coefficient (Wildman–Crippen LogP) is 3.14. The van der Waals surface area contributed by atoms with E-state index in [1.807, 2.05) is 12.1 Å². The normalized spacial score (nSPS) is 21.2. The van der Waals surface area contributed by atoms with Gasteiger partial charge in [-0.25, -0.2) is 0 Å². The molecule has 2 aliphatic rings. The zero-order valence-corrected chi connectivity index (χ0v) is 17.8. The van der Waals surface area contributed by atoms with Crippen molar-refractivity contribution >= 4 is 5.91 Å². The Morgan fingerprint density at radius 3 is 2.64 bits per heavy atom. The minimum absolute atomic E-state index is 0.0457. The molecule has 2 fully saturated rings. The molecule has 1 N–H and O–H groups in total. The lowest BCUT2D eigenvalue weighted by molar-refractivity contribution is -0.134. The highest BCUT2D eigenvalue weighted by Crippen LogP contribution is 2.24. The first-order valence-electron chi connectivity index (χ1n) is 10.9. The molecule has 0 spiro atoms. The number of benzene rings is 1. The van der Waals surface area contributed by atoms with E-state index in [0.717, 1.165) is 70.7 Å². The lowest BCUT2D eigenvalue weighted by Crippen LogP contribution is -2.48. The van der Waals surface area contributed by atoms with Crippen molar-refractivity contribution in [3.63, 3.8) is 0 Å². The van der Waals surface area contributed by atoms with Crippen LogP contribution in [0.4, 0.5) is 0 Å². The van der Waals surface area contributed by atoms with Gasteiger partial charge in [-0.15, -0.1) is 0 Å². The third kappa shape index (κ3) is 5.71. The number of carbonyl (C=O) groups excluding carboxylic acids is 1. The van der Waals surface area contributed by atoms with E-state index < -0.39 is 0 Å². The minimum atomic E-state index is 0.0457. The van der Waals surface area contributed by atoms with E-state index in [2.05, 4.69) is 41.1 Å². The number of carbonyl (C=O) groups is 1. The van der Waals surface area contributed by atoms with Crippen LogP contribution < -0.4 is 10.1 Å². The number of piperidine rings is 1. The van der Waals surface area contributed by atoms with Gasteiger partial charge in [-0.1, -0.05) is 32.0 Å². The van der Waals surface area contributed by atoms with Crippen molar-refractivity contribution in [2.45, 2.75) is 52.1 Å². The maximum atomic E-state index is 13.0. The first kappa shape index (κ1) is 21.1. The van der Waals surface area contributed by atoms with Crippen LogP contribution in [0, 0.1) is 11.8 Å². The molecule has 2 aliphatic heterocycles. The van der Waals surface area contributed by atoms with Gasteiger partial charge in [0.15, 0.2) is 0 Å². The second kappa shape index (κ2) is 10.3. The lowest BCUT2D eigenvalue weighted by atomic mass is 9.95. The molecule has 0 radical (unpaired) electrons. The Hall–Kier alpha value is -1.59. The summed E-state index contributed by atoms with van der Waals surface area (Å²) in [5.74, 6) is 2.42. The van der Waals surface area contributed by atoms with Gasteiger partial charge >= 0.3 is 0 Å². The average Bonchev–Trinajstić information content (AvgIpc) is 3.23. The number of nitrogens with zero attached hydrogens (tertiary/aromatic N) is 2. The molecule has 5 nitrogen and oxygen atoms in total. The second-order valence-corrected chi connectivity index (χ2v) is 8.82. The van der Waals surface area contributed by atoms with Crippen LogP contribution in [0.1, 0.15) is 45.1 Å². The number of likely N-dealkylation sites (tertiary alicyclic amines) is 1. The van der Waals surface area contributed by atoms with Gasteiger partial charge in [0, 0.05) is 25.2 Å². The Morgan fingerprint density at radius 2 is 2.00 bits per heavy atom. The van der Waals surface area contributed by atoms with E-state index in [-0.39, 0.29) is 6.04 Å². The maximum absolute atomic E-state index is 13.0. The molecular formula is C23H37N3O2. The summed E-state index contributed by atoms with van der Waals surface area (Å²) < 4.78 is 5.50. The quantitative estimate of drug-likeness (QED) is 0.744. The van der Waals surface area contributed by atoms with Crippen LogP contribution in [0.3, 0.4) is 0 Å². The van der Waals surface area contributed by atoms with Crippen molar-refractivity contribution in [1.82, 2.24) is 15.1 Å². The monoisotopic (exact) mass is 387 g/mol. The number of para-hydroxylation sites is 1. The van der Waals surface area contributed by atoms with Gasteiger partial charge < -0.3 is 15.0 Å². The van der Waals surface area contributed by atoms with Gasteiger partial charge in [0.2, 0.25) is 5.91 Å². The van der Waals surface area contributed by atoms with Gasteiger partial charge in [0.05, 0.1) is 13.2 Å².